The van der Waals surface area contributed by atoms with Crippen LogP contribution < -0.4 is 10.1 Å². The summed E-state index contributed by atoms with van der Waals surface area (Å²) in [5.41, 5.74) is 0.320. The monoisotopic (exact) mass is 403 g/mol. The molecule has 2 fully saturated rings. The van der Waals surface area contributed by atoms with E-state index in [9.17, 15) is 9.59 Å². The van der Waals surface area contributed by atoms with Crippen LogP contribution in [0.15, 0.2) is 18.3 Å². The van der Waals surface area contributed by atoms with E-state index in [1.807, 2.05) is 32.9 Å². The largest absolute Gasteiger partial charge is 0.474 e. The van der Waals surface area contributed by atoms with Crippen molar-refractivity contribution in [2.24, 2.45) is 0 Å². The average Bonchev–Trinajstić information content (AvgIpc) is 3.19. The van der Waals surface area contributed by atoms with E-state index in [4.69, 9.17) is 9.47 Å². The third-order valence-corrected chi connectivity index (χ3v) is 5.29. The summed E-state index contributed by atoms with van der Waals surface area (Å²) in [4.78, 5) is 31.1. The number of nitrogens with zero attached hydrogens (tertiary/aromatic N) is 2. The van der Waals surface area contributed by atoms with Crippen molar-refractivity contribution in [2.75, 3.05) is 6.54 Å². The lowest BCUT2D eigenvalue weighted by atomic mass is 10.0. The Morgan fingerprint density at radius 1 is 1.14 bits per heavy atom. The summed E-state index contributed by atoms with van der Waals surface area (Å²) in [7, 11) is 0. The average molecular weight is 404 g/mol. The molecule has 0 radical (unpaired) electrons. The number of piperidine rings is 1. The topological polar surface area (TPSA) is 80.8 Å². The summed E-state index contributed by atoms with van der Waals surface area (Å²) in [6, 6.07) is 3.29. The van der Waals surface area contributed by atoms with Gasteiger partial charge in [-0.3, -0.25) is 9.69 Å². The minimum Gasteiger partial charge on any atom is -0.474 e. The Hall–Kier alpha value is -2.31. The van der Waals surface area contributed by atoms with E-state index >= 15 is 0 Å². The summed E-state index contributed by atoms with van der Waals surface area (Å²) in [6.45, 7) is 6.40. The normalized spacial score (nSPS) is 20.4. The quantitative estimate of drug-likeness (QED) is 0.809. The number of rotatable bonds is 5. The molecule has 1 atom stereocenters. The fourth-order valence-corrected chi connectivity index (χ4v) is 3.81. The first-order chi connectivity index (χ1) is 13.8. The fourth-order valence-electron chi connectivity index (χ4n) is 3.81. The molecule has 7 heteroatoms. The SMILES string of the molecule is CC(C)(C)OC(=O)N1CCCCC1C(=O)NCc1ccc(OC2CCCC2)nc1. The van der Waals surface area contributed by atoms with E-state index < -0.39 is 17.7 Å². The van der Waals surface area contributed by atoms with Gasteiger partial charge in [0.25, 0.3) is 0 Å². The number of ether oxygens (including phenoxy) is 2. The number of hydrogen-bond acceptors (Lipinski definition) is 5. The predicted molar refractivity (Wildman–Crippen MR) is 110 cm³/mol. The van der Waals surface area contributed by atoms with Crippen molar-refractivity contribution in [1.82, 2.24) is 15.2 Å². The van der Waals surface area contributed by atoms with E-state index in [-0.39, 0.29) is 12.0 Å². The van der Waals surface area contributed by atoms with Gasteiger partial charge in [-0.2, -0.15) is 0 Å². The van der Waals surface area contributed by atoms with E-state index in [1.54, 1.807) is 11.1 Å². The van der Waals surface area contributed by atoms with E-state index in [2.05, 4.69) is 10.3 Å². The predicted octanol–water partition coefficient (Wildman–Crippen LogP) is 3.81. The second-order valence-electron chi connectivity index (χ2n) is 8.93. The highest BCUT2D eigenvalue weighted by Crippen LogP contribution is 2.23. The lowest BCUT2D eigenvalue weighted by Gasteiger charge is -2.35. The number of likely N-dealkylation sites (tertiary alicyclic amines) is 1. The van der Waals surface area contributed by atoms with Crippen molar-refractivity contribution >= 4 is 12.0 Å². The molecule has 160 valence electrons. The van der Waals surface area contributed by atoms with Crippen LogP contribution in [0.5, 0.6) is 5.88 Å². The van der Waals surface area contributed by atoms with Crippen LogP contribution in [0.1, 0.15) is 71.3 Å². The van der Waals surface area contributed by atoms with Gasteiger partial charge in [0, 0.05) is 25.4 Å². The number of pyridine rings is 1. The summed E-state index contributed by atoms with van der Waals surface area (Å²) < 4.78 is 11.3. The van der Waals surface area contributed by atoms with Crippen molar-refractivity contribution in [3.8, 4) is 5.88 Å². The summed E-state index contributed by atoms with van der Waals surface area (Å²) in [6.07, 6.45) is 8.66. The van der Waals surface area contributed by atoms with Crippen molar-refractivity contribution in [1.29, 1.82) is 0 Å². The molecule has 1 saturated carbocycles. The second-order valence-corrected chi connectivity index (χ2v) is 8.93. The minimum atomic E-state index is -0.580. The molecule has 1 aliphatic heterocycles. The van der Waals surface area contributed by atoms with Crippen molar-refractivity contribution < 1.29 is 19.1 Å². The lowest BCUT2D eigenvalue weighted by molar-refractivity contribution is -0.127. The zero-order chi connectivity index (χ0) is 20.9. The van der Waals surface area contributed by atoms with Gasteiger partial charge < -0.3 is 14.8 Å². The molecular weight excluding hydrogens is 370 g/mol. The van der Waals surface area contributed by atoms with Gasteiger partial charge in [-0.05, 0) is 71.3 Å². The first kappa shape index (κ1) is 21.4. The molecule has 7 nitrogen and oxygen atoms in total. The molecule has 1 unspecified atom stereocenters. The van der Waals surface area contributed by atoms with Crippen LogP contribution in [0.25, 0.3) is 0 Å². The zero-order valence-corrected chi connectivity index (χ0v) is 17.8. The van der Waals surface area contributed by atoms with Gasteiger partial charge in [0.15, 0.2) is 0 Å². The van der Waals surface area contributed by atoms with Crippen LogP contribution in [0.3, 0.4) is 0 Å². The number of carbonyl (C=O) groups excluding carboxylic acids is 2. The van der Waals surface area contributed by atoms with E-state index in [0.29, 0.717) is 25.4 Å². The number of amides is 2. The van der Waals surface area contributed by atoms with Crippen LogP contribution in [-0.2, 0) is 16.1 Å². The maximum absolute atomic E-state index is 12.7. The Balaban J connectivity index is 1.52. The van der Waals surface area contributed by atoms with Crippen LogP contribution in [0.4, 0.5) is 4.79 Å². The number of hydrogen-bond donors (Lipinski definition) is 1. The molecule has 1 aromatic rings. The Kier molecular flexibility index (Phi) is 6.98. The molecule has 2 amide bonds. The summed E-state index contributed by atoms with van der Waals surface area (Å²) in [5.74, 6) is 0.484. The highest BCUT2D eigenvalue weighted by molar-refractivity contribution is 5.85. The molecule has 29 heavy (non-hydrogen) atoms. The van der Waals surface area contributed by atoms with Gasteiger partial charge >= 0.3 is 6.09 Å². The number of aromatic nitrogens is 1. The standard InChI is InChI=1S/C22H33N3O4/c1-22(2,3)29-21(27)25-13-7-6-10-18(25)20(26)24-15-16-11-12-19(23-14-16)28-17-8-4-5-9-17/h11-12,14,17-18H,4-10,13,15H2,1-3H3,(H,24,26). The van der Waals surface area contributed by atoms with Crippen LogP contribution >= 0.6 is 0 Å². The Bertz CT molecular complexity index is 693. The maximum atomic E-state index is 12.7. The van der Waals surface area contributed by atoms with Crippen LogP contribution in [0.2, 0.25) is 0 Å². The van der Waals surface area contributed by atoms with Gasteiger partial charge in [-0.15, -0.1) is 0 Å². The van der Waals surface area contributed by atoms with Gasteiger partial charge in [-0.25, -0.2) is 9.78 Å². The second kappa shape index (κ2) is 9.46. The highest BCUT2D eigenvalue weighted by atomic mass is 16.6. The third-order valence-electron chi connectivity index (χ3n) is 5.29. The van der Waals surface area contributed by atoms with Gasteiger partial charge in [-0.1, -0.05) is 6.07 Å². The lowest BCUT2D eigenvalue weighted by Crippen LogP contribution is -2.52. The van der Waals surface area contributed by atoms with Gasteiger partial charge in [0.2, 0.25) is 11.8 Å². The zero-order valence-electron chi connectivity index (χ0n) is 17.8. The molecule has 1 saturated heterocycles. The maximum Gasteiger partial charge on any atom is 0.410 e. The highest BCUT2D eigenvalue weighted by Gasteiger charge is 2.34. The van der Waals surface area contributed by atoms with Gasteiger partial charge in [0.05, 0.1) is 0 Å². The van der Waals surface area contributed by atoms with Crippen molar-refractivity contribution in [3.05, 3.63) is 23.9 Å². The molecule has 3 rings (SSSR count). The molecule has 1 N–H and O–H groups in total. The van der Waals surface area contributed by atoms with E-state index in [0.717, 1.165) is 31.2 Å². The molecule has 0 aromatic carbocycles. The molecule has 2 aliphatic rings. The summed E-state index contributed by atoms with van der Waals surface area (Å²) in [5, 5.41) is 2.94. The number of carbonyl (C=O) groups is 2. The van der Waals surface area contributed by atoms with E-state index in [1.165, 1.54) is 12.8 Å². The van der Waals surface area contributed by atoms with Crippen molar-refractivity contribution in [3.63, 3.8) is 0 Å². The molecule has 2 heterocycles. The molecule has 0 bridgehead atoms. The fraction of sp³-hybridized carbons (Fsp3) is 0.682. The molecule has 1 aliphatic carbocycles. The Labute approximate surface area is 173 Å². The third kappa shape index (κ3) is 6.34. The first-order valence-electron chi connectivity index (χ1n) is 10.7. The Morgan fingerprint density at radius 2 is 1.86 bits per heavy atom. The number of nitrogens with one attached hydrogen (secondary N) is 1. The molecule has 1 aromatic heterocycles. The van der Waals surface area contributed by atoms with Crippen LogP contribution in [0, 0.1) is 0 Å². The Morgan fingerprint density at radius 3 is 2.52 bits per heavy atom. The van der Waals surface area contributed by atoms with Crippen molar-refractivity contribution in [2.45, 2.75) is 90.0 Å². The van der Waals surface area contributed by atoms with Gasteiger partial charge in [0.1, 0.15) is 17.7 Å². The minimum absolute atomic E-state index is 0.151. The van der Waals surface area contributed by atoms with Crippen LogP contribution in [-0.4, -0.2) is 46.2 Å². The summed E-state index contributed by atoms with van der Waals surface area (Å²) >= 11 is 0. The molecular formula is C22H33N3O4. The first-order valence-corrected chi connectivity index (χ1v) is 10.7. The molecule has 0 spiro atoms. The smallest absolute Gasteiger partial charge is 0.410 e.